The molecule has 2 aromatic heterocycles. The van der Waals surface area contributed by atoms with Gasteiger partial charge in [-0.05, 0) is 72.3 Å². The predicted molar refractivity (Wildman–Crippen MR) is 180 cm³/mol. The van der Waals surface area contributed by atoms with Gasteiger partial charge in [0.05, 0.1) is 25.0 Å². The third-order valence-corrected chi connectivity index (χ3v) is 7.45. The van der Waals surface area contributed by atoms with Crippen LogP contribution in [0.5, 0.6) is 5.75 Å². The van der Waals surface area contributed by atoms with Crippen LogP contribution in [0.1, 0.15) is 28.7 Å². The Labute approximate surface area is 263 Å². The molecule has 9 nitrogen and oxygen atoms in total. The number of ketones is 1. The fraction of sp³-hybridized carbons (Fsp3) is 0.222. The van der Waals surface area contributed by atoms with Crippen molar-refractivity contribution in [3.8, 4) is 5.75 Å². The van der Waals surface area contributed by atoms with Crippen molar-refractivity contribution in [1.82, 2.24) is 14.9 Å². The van der Waals surface area contributed by atoms with E-state index in [1.54, 1.807) is 14.0 Å². The molecule has 0 unspecified atom stereocenters. The van der Waals surface area contributed by atoms with Gasteiger partial charge in [-0.25, -0.2) is 0 Å². The second-order valence-corrected chi connectivity index (χ2v) is 10.7. The highest BCUT2D eigenvalue weighted by molar-refractivity contribution is 5.99. The number of benzene rings is 3. The lowest BCUT2D eigenvalue weighted by molar-refractivity contribution is -0.114. The number of amides is 1. The zero-order chi connectivity index (χ0) is 31.4. The molecule has 2 heterocycles. The maximum atomic E-state index is 12.7. The summed E-state index contributed by atoms with van der Waals surface area (Å²) in [5.41, 5.74) is 5.08. The first-order valence-corrected chi connectivity index (χ1v) is 15.0. The van der Waals surface area contributed by atoms with Gasteiger partial charge >= 0.3 is 0 Å². The second kappa shape index (κ2) is 15.4. The number of pyridine rings is 2. The van der Waals surface area contributed by atoms with Crippen LogP contribution in [0, 0.1) is 0 Å². The Morgan fingerprint density at radius 2 is 1.51 bits per heavy atom. The Kier molecular flexibility index (Phi) is 10.7. The molecule has 5 rings (SSSR count). The van der Waals surface area contributed by atoms with Gasteiger partial charge in [0.25, 0.3) is 0 Å². The van der Waals surface area contributed by atoms with Crippen molar-refractivity contribution in [2.45, 2.75) is 19.9 Å². The molecule has 3 N–H and O–H groups in total. The van der Waals surface area contributed by atoms with Gasteiger partial charge in [0.1, 0.15) is 5.75 Å². The van der Waals surface area contributed by atoms with Gasteiger partial charge in [0, 0.05) is 73.7 Å². The Balaban J connectivity index is 1.14. The largest absolute Gasteiger partial charge is 0.495 e. The highest BCUT2D eigenvalue weighted by Gasteiger charge is 2.11. The summed E-state index contributed by atoms with van der Waals surface area (Å²) in [7, 11) is 1.62. The number of rotatable bonds is 15. The van der Waals surface area contributed by atoms with E-state index in [0.29, 0.717) is 23.5 Å². The number of carbonyl (C=O) groups excluding carboxylic acids is 2. The van der Waals surface area contributed by atoms with Crippen LogP contribution in [-0.4, -0.2) is 59.8 Å². The Morgan fingerprint density at radius 1 is 0.778 bits per heavy atom. The van der Waals surface area contributed by atoms with Gasteiger partial charge in [0.15, 0.2) is 5.78 Å². The van der Waals surface area contributed by atoms with Crippen molar-refractivity contribution in [3.63, 3.8) is 0 Å². The normalized spacial score (nSPS) is 10.9. The average molecular weight is 603 g/mol. The predicted octanol–water partition coefficient (Wildman–Crippen LogP) is 6.05. The lowest BCUT2D eigenvalue weighted by Gasteiger charge is -2.23. The summed E-state index contributed by atoms with van der Waals surface area (Å²) >= 11 is 0. The van der Waals surface area contributed by atoms with E-state index in [-0.39, 0.29) is 18.2 Å². The number of nitrogens with zero attached hydrogens (tertiary/aromatic N) is 3. The van der Waals surface area contributed by atoms with Crippen LogP contribution in [0.3, 0.4) is 0 Å². The van der Waals surface area contributed by atoms with Gasteiger partial charge in [-0.2, -0.15) is 0 Å². The maximum absolute atomic E-state index is 12.7. The molecule has 3 aromatic carbocycles. The van der Waals surface area contributed by atoms with Gasteiger partial charge in [-0.1, -0.05) is 30.3 Å². The molecule has 0 spiro atoms. The number of Topliss-reactive ketones (excluding diaryl/α,β-unsaturated/α-hetero) is 1. The van der Waals surface area contributed by atoms with E-state index in [1.807, 2.05) is 97.3 Å². The number of anilines is 3. The fourth-order valence-electron chi connectivity index (χ4n) is 5.04. The minimum atomic E-state index is -0.178. The van der Waals surface area contributed by atoms with Crippen molar-refractivity contribution >= 4 is 39.5 Å². The smallest absolute Gasteiger partial charge is 0.243 e. The van der Waals surface area contributed by atoms with Gasteiger partial charge < -0.3 is 20.7 Å². The molecular formula is C36H38N6O3. The van der Waals surface area contributed by atoms with Gasteiger partial charge in [-0.3, -0.25) is 24.5 Å². The Bertz CT molecular complexity index is 1730. The number of hydrogen-bond acceptors (Lipinski definition) is 8. The van der Waals surface area contributed by atoms with Crippen molar-refractivity contribution in [3.05, 3.63) is 120 Å². The monoisotopic (exact) mass is 602 g/mol. The SMILES string of the molecule is COc1cc(NC(=O)CNc2ccc3cc(C(C)=O)ccc3c2)ccc1NCCN(CCc1ccccn1)Cc1ccccn1. The topological polar surface area (TPSA) is 108 Å². The number of carbonyl (C=O) groups is 2. The van der Waals surface area contributed by atoms with Crippen molar-refractivity contribution in [2.75, 3.05) is 49.2 Å². The van der Waals surface area contributed by atoms with E-state index in [0.717, 1.165) is 59.6 Å². The first-order valence-electron chi connectivity index (χ1n) is 15.0. The summed E-state index contributed by atoms with van der Waals surface area (Å²) in [6.07, 6.45) is 4.50. The highest BCUT2D eigenvalue weighted by Crippen LogP contribution is 2.28. The molecule has 0 radical (unpaired) electrons. The molecule has 0 saturated carbocycles. The minimum absolute atomic E-state index is 0.0342. The molecule has 9 heteroatoms. The van der Waals surface area contributed by atoms with Crippen LogP contribution in [0.15, 0.2) is 103 Å². The first kappa shape index (κ1) is 31.2. The van der Waals surface area contributed by atoms with Crippen molar-refractivity contribution in [1.29, 1.82) is 0 Å². The van der Waals surface area contributed by atoms with E-state index < -0.39 is 0 Å². The molecule has 0 aliphatic heterocycles. The fourth-order valence-corrected chi connectivity index (χ4v) is 5.04. The molecule has 0 aliphatic carbocycles. The number of hydrogen-bond donors (Lipinski definition) is 3. The quantitative estimate of drug-likeness (QED) is 0.124. The molecule has 1 amide bonds. The van der Waals surface area contributed by atoms with Crippen LogP contribution >= 0.6 is 0 Å². The van der Waals surface area contributed by atoms with Crippen LogP contribution in [0.4, 0.5) is 17.1 Å². The van der Waals surface area contributed by atoms with Crippen molar-refractivity contribution < 1.29 is 14.3 Å². The molecular weight excluding hydrogens is 564 g/mol. The third-order valence-electron chi connectivity index (χ3n) is 7.45. The standard InChI is InChI=1S/C36H38N6O3/c1-26(43)27-9-10-29-22-31(12-11-28(29)21-27)40-24-36(44)41-32-13-14-34(35(23-32)45-2)39-18-20-42(25-33-8-4-6-17-38-33)19-15-30-7-3-5-16-37-30/h3-14,16-17,21-23,39-40H,15,18-20,24-25H2,1-2H3,(H,41,44). The summed E-state index contributed by atoms with van der Waals surface area (Å²) in [4.78, 5) is 35.7. The number of fused-ring (bicyclic) bond motifs is 1. The summed E-state index contributed by atoms with van der Waals surface area (Å²) in [6, 6.07) is 29.0. The average Bonchev–Trinajstić information content (AvgIpc) is 3.07. The van der Waals surface area contributed by atoms with E-state index in [4.69, 9.17) is 4.74 Å². The number of methoxy groups -OCH3 is 1. The maximum Gasteiger partial charge on any atom is 0.243 e. The van der Waals surface area contributed by atoms with E-state index in [1.165, 1.54) is 0 Å². The zero-order valence-corrected chi connectivity index (χ0v) is 25.6. The van der Waals surface area contributed by atoms with Crippen LogP contribution in [0.25, 0.3) is 10.8 Å². The summed E-state index contributed by atoms with van der Waals surface area (Å²) < 4.78 is 5.64. The van der Waals surface area contributed by atoms with E-state index in [9.17, 15) is 9.59 Å². The number of ether oxygens (including phenoxy) is 1. The summed E-state index contributed by atoms with van der Waals surface area (Å²) in [5, 5.41) is 11.6. The number of aromatic nitrogens is 2. The second-order valence-electron chi connectivity index (χ2n) is 10.7. The molecule has 230 valence electrons. The van der Waals surface area contributed by atoms with Gasteiger partial charge in [-0.15, -0.1) is 0 Å². The lowest BCUT2D eigenvalue weighted by atomic mass is 10.0. The molecule has 0 fully saturated rings. The molecule has 0 aliphatic rings. The first-order chi connectivity index (χ1) is 22.0. The molecule has 45 heavy (non-hydrogen) atoms. The van der Waals surface area contributed by atoms with Gasteiger partial charge in [0.2, 0.25) is 5.91 Å². The van der Waals surface area contributed by atoms with Crippen LogP contribution < -0.4 is 20.7 Å². The number of nitrogens with one attached hydrogen (secondary N) is 3. The Morgan fingerprint density at radius 3 is 2.24 bits per heavy atom. The summed E-state index contributed by atoms with van der Waals surface area (Å²) in [5.74, 6) is 0.500. The summed E-state index contributed by atoms with van der Waals surface area (Å²) in [6.45, 7) is 4.74. The molecule has 0 bridgehead atoms. The Hall–Kier alpha value is -5.28. The van der Waals surface area contributed by atoms with Crippen LogP contribution in [-0.2, 0) is 17.8 Å². The highest BCUT2D eigenvalue weighted by atomic mass is 16.5. The third kappa shape index (κ3) is 9.11. The molecule has 5 aromatic rings. The van der Waals surface area contributed by atoms with Crippen molar-refractivity contribution in [2.24, 2.45) is 0 Å². The van der Waals surface area contributed by atoms with Crippen LogP contribution in [0.2, 0.25) is 0 Å². The molecule has 0 atom stereocenters. The zero-order valence-electron chi connectivity index (χ0n) is 25.6. The minimum Gasteiger partial charge on any atom is -0.495 e. The van der Waals surface area contributed by atoms with E-state index in [2.05, 4.69) is 36.9 Å². The van der Waals surface area contributed by atoms with E-state index >= 15 is 0 Å². The molecule has 0 saturated heterocycles. The lowest BCUT2D eigenvalue weighted by Crippen LogP contribution is -2.31.